The summed E-state index contributed by atoms with van der Waals surface area (Å²) >= 11 is 0. The van der Waals surface area contributed by atoms with E-state index in [2.05, 4.69) is 57.7 Å². The van der Waals surface area contributed by atoms with Crippen LogP contribution in [-0.4, -0.2) is 33.1 Å². The Balaban J connectivity index is 1.66. The first-order chi connectivity index (χ1) is 13.1. The Bertz CT molecular complexity index is 919. The van der Waals surface area contributed by atoms with E-state index in [9.17, 15) is 0 Å². The second-order valence-corrected chi connectivity index (χ2v) is 7.36. The molecule has 1 aromatic carbocycles. The molecule has 1 fully saturated rings. The van der Waals surface area contributed by atoms with Crippen molar-refractivity contribution in [3.05, 3.63) is 53.2 Å². The molecule has 140 valence electrons. The monoisotopic (exact) mass is 362 g/mol. The highest BCUT2D eigenvalue weighted by molar-refractivity contribution is 5.64. The predicted octanol–water partition coefficient (Wildman–Crippen LogP) is 3.93. The average molecular weight is 362 g/mol. The van der Waals surface area contributed by atoms with Crippen LogP contribution in [0.25, 0.3) is 11.4 Å². The van der Waals surface area contributed by atoms with Crippen LogP contribution in [0.2, 0.25) is 0 Å². The number of benzene rings is 1. The smallest absolute Gasteiger partial charge is 0.131 e. The third kappa shape index (κ3) is 3.85. The van der Waals surface area contributed by atoms with Gasteiger partial charge in [-0.15, -0.1) is 5.10 Å². The van der Waals surface area contributed by atoms with Crippen LogP contribution in [0.5, 0.6) is 0 Å². The summed E-state index contributed by atoms with van der Waals surface area (Å²) in [6, 6.07) is 12.9. The van der Waals surface area contributed by atoms with Gasteiger partial charge in [-0.05, 0) is 82.1 Å². The summed E-state index contributed by atoms with van der Waals surface area (Å²) in [4.78, 5) is 4.86. The molecule has 6 nitrogen and oxygen atoms in total. The van der Waals surface area contributed by atoms with Crippen LogP contribution in [0, 0.1) is 20.8 Å². The van der Waals surface area contributed by atoms with E-state index in [1.165, 1.54) is 11.1 Å². The Morgan fingerprint density at radius 2 is 1.78 bits per heavy atom. The first-order valence-corrected chi connectivity index (χ1v) is 9.55. The highest BCUT2D eigenvalue weighted by Crippen LogP contribution is 2.28. The van der Waals surface area contributed by atoms with Crippen molar-refractivity contribution in [3.63, 3.8) is 0 Å². The van der Waals surface area contributed by atoms with Crippen LogP contribution in [0.1, 0.15) is 35.7 Å². The molecule has 4 rings (SSSR count). The maximum Gasteiger partial charge on any atom is 0.131 e. The van der Waals surface area contributed by atoms with Gasteiger partial charge in [-0.25, -0.2) is 9.67 Å². The molecule has 3 aromatic rings. The first kappa shape index (κ1) is 17.7. The predicted molar refractivity (Wildman–Crippen MR) is 108 cm³/mol. The van der Waals surface area contributed by atoms with E-state index in [0.29, 0.717) is 6.04 Å². The van der Waals surface area contributed by atoms with Crippen molar-refractivity contribution >= 4 is 11.5 Å². The minimum absolute atomic E-state index is 0.375. The van der Waals surface area contributed by atoms with E-state index in [4.69, 9.17) is 4.98 Å². The molecule has 0 saturated carbocycles. The first-order valence-electron chi connectivity index (χ1n) is 9.55. The SMILES string of the molecule is Cc1cc(C)cc(Nc2cccc(-c3c(C)nnn3C3CCNCC3)n2)c1. The van der Waals surface area contributed by atoms with Crippen molar-refractivity contribution in [2.24, 2.45) is 0 Å². The molecule has 0 amide bonds. The van der Waals surface area contributed by atoms with Crippen LogP contribution >= 0.6 is 0 Å². The van der Waals surface area contributed by atoms with Gasteiger partial charge in [0.05, 0.1) is 17.4 Å². The number of pyridine rings is 1. The lowest BCUT2D eigenvalue weighted by Gasteiger charge is -2.24. The van der Waals surface area contributed by atoms with Crippen LogP contribution in [0.15, 0.2) is 36.4 Å². The summed E-state index contributed by atoms with van der Waals surface area (Å²) < 4.78 is 2.07. The highest BCUT2D eigenvalue weighted by atomic mass is 15.4. The maximum absolute atomic E-state index is 4.86. The lowest BCUT2D eigenvalue weighted by molar-refractivity contribution is 0.340. The van der Waals surface area contributed by atoms with Crippen molar-refractivity contribution in [1.29, 1.82) is 0 Å². The molecule has 0 spiro atoms. The quantitative estimate of drug-likeness (QED) is 0.736. The summed E-state index contributed by atoms with van der Waals surface area (Å²) in [5.74, 6) is 0.829. The summed E-state index contributed by atoms with van der Waals surface area (Å²) in [6.07, 6.45) is 2.13. The van der Waals surface area contributed by atoms with Crippen LogP contribution in [-0.2, 0) is 0 Å². The van der Waals surface area contributed by atoms with Crippen LogP contribution in [0.4, 0.5) is 11.5 Å². The number of rotatable bonds is 4. The van der Waals surface area contributed by atoms with E-state index in [1.807, 2.05) is 25.1 Å². The Morgan fingerprint density at radius 1 is 1.04 bits per heavy atom. The summed E-state index contributed by atoms with van der Waals surface area (Å²) in [5.41, 5.74) is 6.37. The van der Waals surface area contributed by atoms with Crippen molar-refractivity contribution in [1.82, 2.24) is 25.3 Å². The van der Waals surface area contributed by atoms with E-state index in [1.54, 1.807) is 0 Å². The van der Waals surface area contributed by atoms with Gasteiger partial charge in [0.2, 0.25) is 0 Å². The zero-order chi connectivity index (χ0) is 18.8. The third-order valence-electron chi connectivity index (χ3n) is 5.00. The topological polar surface area (TPSA) is 67.7 Å². The van der Waals surface area contributed by atoms with Gasteiger partial charge in [-0.3, -0.25) is 0 Å². The zero-order valence-corrected chi connectivity index (χ0v) is 16.2. The summed E-state index contributed by atoms with van der Waals surface area (Å²) in [7, 11) is 0. The van der Waals surface area contributed by atoms with E-state index >= 15 is 0 Å². The van der Waals surface area contributed by atoms with Crippen LogP contribution in [0.3, 0.4) is 0 Å². The molecule has 0 aliphatic carbocycles. The summed E-state index contributed by atoms with van der Waals surface area (Å²) in [6.45, 7) is 8.25. The van der Waals surface area contributed by atoms with E-state index < -0.39 is 0 Å². The number of hydrogen-bond acceptors (Lipinski definition) is 5. The Labute approximate surface area is 160 Å². The van der Waals surface area contributed by atoms with Gasteiger partial charge in [-0.2, -0.15) is 0 Å². The molecular weight excluding hydrogens is 336 g/mol. The molecular formula is C21H26N6. The van der Waals surface area contributed by atoms with Crippen molar-refractivity contribution in [2.75, 3.05) is 18.4 Å². The van der Waals surface area contributed by atoms with Crippen molar-refractivity contribution in [3.8, 4) is 11.4 Å². The van der Waals surface area contributed by atoms with Gasteiger partial charge in [0, 0.05) is 5.69 Å². The second-order valence-electron chi connectivity index (χ2n) is 7.36. The van der Waals surface area contributed by atoms with Crippen molar-refractivity contribution in [2.45, 2.75) is 39.7 Å². The average Bonchev–Trinajstić information content (AvgIpc) is 3.03. The lowest BCUT2D eigenvalue weighted by Crippen LogP contribution is -2.30. The number of piperidine rings is 1. The normalized spacial score (nSPS) is 15.1. The molecule has 0 unspecified atom stereocenters. The van der Waals surface area contributed by atoms with Gasteiger partial charge in [0.25, 0.3) is 0 Å². The molecule has 0 bridgehead atoms. The maximum atomic E-state index is 4.86. The van der Waals surface area contributed by atoms with E-state index in [-0.39, 0.29) is 0 Å². The molecule has 0 atom stereocenters. The molecule has 2 N–H and O–H groups in total. The molecule has 3 heterocycles. The fraction of sp³-hybridized carbons (Fsp3) is 0.381. The van der Waals surface area contributed by atoms with Crippen molar-refractivity contribution < 1.29 is 0 Å². The second kappa shape index (κ2) is 7.48. The van der Waals surface area contributed by atoms with Crippen LogP contribution < -0.4 is 10.6 Å². The fourth-order valence-corrected chi connectivity index (χ4v) is 3.81. The highest BCUT2D eigenvalue weighted by Gasteiger charge is 2.22. The molecule has 27 heavy (non-hydrogen) atoms. The Kier molecular flexibility index (Phi) is 4.90. The number of nitrogens with zero attached hydrogens (tertiary/aromatic N) is 4. The minimum Gasteiger partial charge on any atom is -0.340 e. The molecule has 1 saturated heterocycles. The zero-order valence-electron chi connectivity index (χ0n) is 16.2. The third-order valence-corrected chi connectivity index (χ3v) is 5.00. The van der Waals surface area contributed by atoms with E-state index in [0.717, 1.165) is 54.5 Å². The summed E-state index contributed by atoms with van der Waals surface area (Å²) in [5, 5.41) is 15.6. The molecule has 6 heteroatoms. The largest absolute Gasteiger partial charge is 0.340 e. The van der Waals surface area contributed by atoms with Gasteiger partial charge in [-0.1, -0.05) is 17.3 Å². The Morgan fingerprint density at radius 3 is 2.52 bits per heavy atom. The molecule has 0 radical (unpaired) electrons. The minimum atomic E-state index is 0.375. The number of aromatic nitrogens is 4. The van der Waals surface area contributed by atoms with Gasteiger partial charge in [0.1, 0.15) is 11.5 Å². The molecule has 1 aliphatic rings. The number of aryl methyl sites for hydroxylation is 3. The fourth-order valence-electron chi connectivity index (χ4n) is 3.81. The molecule has 2 aromatic heterocycles. The van der Waals surface area contributed by atoms with Gasteiger partial charge >= 0.3 is 0 Å². The lowest BCUT2D eigenvalue weighted by atomic mass is 10.1. The van der Waals surface area contributed by atoms with Gasteiger partial charge in [0.15, 0.2) is 0 Å². The Hall–Kier alpha value is -2.73. The van der Waals surface area contributed by atoms with Gasteiger partial charge < -0.3 is 10.6 Å². The number of anilines is 2. The molecule has 1 aliphatic heterocycles. The number of hydrogen-bond donors (Lipinski definition) is 2. The standard InChI is InChI=1S/C21H26N6/c1-14-11-15(2)13-17(12-14)23-20-6-4-5-19(24-20)21-16(3)25-26-27(21)18-7-9-22-10-8-18/h4-6,11-13,18,22H,7-10H2,1-3H3,(H,23,24). The number of nitrogens with one attached hydrogen (secondary N) is 2.